The quantitative estimate of drug-likeness (QED) is 0.834. The standard InChI is InChI=1S/C17H21Cl2N5O/c1-11(8-12-2-3-13(18)9-15(12)19)21-17(25)16-10-24(23-22-16)14-4-6-20-7-5-14/h2-3,9-11,14,20H,4-8H2,1H3,(H,21,25). The van der Waals surface area contributed by atoms with Crippen molar-refractivity contribution in [1.82, 2.24) is 25.6 Å². The zero-order chi connectivity index (χ0) is 17.8. The molecule has 3 rings (SSSR count). The first-order valence-electron chi connectivity index (χ1n) is 8.40. The summed E-state index contributed by atoms with van der Waals surface area (Å²) in [5, 5.41) is 15.6. The number of piperidine rings is 1. The van der Waals surface area contributed by atoms with Crippen molar-refractivity contribution in [3.63, 3.8) is 0 Å². The van der Waals surface area contributed by atoms with E-state index >= 15 is 0 Å². The maximum absolute atomic E-state index is 12.4. The lowest BCUT2D eigenvalue weighted by molar-refractivity contribution is 0.0935. The van der Waals surface area contributed by atoms with E-state index in [9.17, 15) is 4.79 Å². The summed E-state index contributed by atoms with van der Waals surface area (Å²) >= 11 is 12.1. The van der Waals surface area contributed by atoms with Crippen LogP contribution in [0.4, 0.5) is 0 Å². The highest BCUT2D eigenvalue weighted by atomic mass is 35.5. The summed E-state index contributed by atoms with van der Waals surface area (Å²) in [4.78, 5) is 12.4. The fraction of sp³-hybridized carbons (Fsp3) is 0.471. The van der Waals surface area contributed by atoms with Crippen LogP contribution in [0.25, 0.3) is 0 Å². The van der Waals surface area contributed by atoms with Gasteiger partial charge in [-0.25, -0.2) is 4.68 Å². The van der Waals surface area contributed by atoms with E-state index in [0.717, 1.165) is 31.5 Å². The molecule has 1 aromatic heterocycles. The van der Waals surface area contributed by atoms with E-state index in [2.05, 4.69) is 20.9 Å². The number of hydrogen-bond acceptors (Lipinski definition) is 4. The fourth-order valence-electron chi connectivity index (χ4n) is 3.00. The van der Waals surface area contributed by atoms with Gasteiger partial charge in [-0.2, -0.15) is 0 Å². The number of carbonyl (C=O) groups is 1. The summed E-state index contributed by atoms with van der Waals surface area (Å²) in [7, 11) is 0. The maximum Gasteiger partial charge on any atom is 0.273 e. The molecule has 8 heteroatoms. The molecular weight excluding hydrogens is 361 g/mol. The lowest BCUT2D eigenvalue weighted by atomic mass is 10.1. The molecule has 2 aromatic rings. The Morgan fingerprint density at radius 3 is 2.88 bits per heavy atom. The number of halogens is 2. The number of carbonyl (C=O) groups excluding carboxylic acids is 1. The van der Waals surface area contributed by atoms with Crippen LogP contribution in [0, 0.1) is 0 Å². The second kappa shape index (κ2) is 8.17. The van der Waals surface area contributed by atoms with Crippen LogP contribution >= 0.6 is 23.2 Å². The molecule has 6 nitrogen and oxygen atoms in total. The maximum atomic E-state index is 12.4. The van der Waals surface area contributed by atoms with E-state index in [1.54, 1.807) is 23.0 Å². The minimum absolute atomic E-state index is 0.0878. The molecule has 1 aliphatic rings. The molecule has 0 aliphatic carbocycles. The lowest BCUT2D eigenvalue weighted by Crippen LogP contribution is -2.34. The van der Waals surface area contributed by atoms with Crippen molar-refractivity contribution in [2.45, 2.75) is 38.3 Å². The Morgan fingerprint density at radius 2 is 2.16 bits per heavy atom. The molecule has 0 bridgehead atoms. The summed E-state index contributed by atoms with van der Waals surface area (Å²) in [5.41, 5.74) is 1.28. The zero-order valence-corrected chi connectivity index (χ0v) is 15.5. The van der Waals surface area contributed by atoms with Gasteiger partial charge >= 0.3 is 0 Å². The topological polar surface area (TPSA) is 71.8 Å². The Balaban J connectivity index is 1.58. The molecule has 1 aromatic carbocycles. The average Bonchev–Trinajstić information content (AvgIpc) is 3.08. The van der Waals surface area contributed by atoms with Crippen LogP contribution in [-0.2, 0) is 6.42 Å². The highest BCUT2D eigenvalue weighted by molar-refractivity contribution is 6.35. The van der Waals surface area contributed by atoms with Crippen molar-refractivity contribution in [3.8, 4) is 0 Å². The van der Waals surface area contributed by atoms with Crippen molar-refractivity contribution < 1.29 is 4.79 Å². The highest BCUT2D eigenvalue weighted by Gasteiger charge is 2.19. The molecule has 2 heterocycles. The lowest BCUT2D eigenvalue weighted by Gasteiger charge is -2.22. The van der Waals surface area contributed by atoms with E-state index in [0.29, 0.717) is 28.2 Å². The van der Waals surface area contributed by atoms with Gasteiger partial charge in [0, 0.05) is 16.1 Å². The van der Waals surface area contributed by atoms with E-state index in [-0.39, 0.29) is 11.9 Å². The third-order valence-corrected chi connectivity index (χ3v) is 4.93. The number of hydrogen-bond donors (Lipinski definition) is 2. The summed E-state index contributed by atoms with van der Waals surface area (Å²) in [6.07, 6.45) is 4.34. The first-order chi connectivity index (χ1) is 12.0. The van der Waals surface area contributed by atoms with E-state index in [1.807, 2.05) is 13.0 Å². The van der Waals surface area contributed by atoms with Gasteiger partial charge in [0.15, 0.2) is 5.69 Å². The predicted molar refractivity (Wildman–Crippen MR) is 98.3 cm³/mol. The molecule has 1 amide bonds. The first-order valence-corrected chi connectivity index (χ1v) is 9.16. The Labute approximate surface area is 156 Å². The SMILES string of the molecule is CC(Cc1ccc(Cl)cc1Cl)NC(=O)c1cn(C2CCNCC2)nn1. The van der Waals surface area contributed by atoms with Crippen molar-refractivity contribution in [1.29, 1.82) is 0 Å². The third-order valence-electron chi connectivity index (χ3n) is 4.34. The minimum atomic E-state index is -0.224. The predicted octanol–water partition coefficient (Wildman–Crippen LogP) is 2.87. The normalized spacial score (nSPS) is 16.6. The van der Waals surface area contributed by atoms with Gasteiger partial charge in [-0.15, -0.1) is 5.10 Å². The van der Waals surface area contributed by atoms with Crippen molar-refractivity contribution in [2.75, 3.05) is 13.1 Å². The number of rotatable bonds is 5. The van der Waals surface area contributed by atoms with Crippen molar-refractivity contribution in [2.24, 2.45) is 0 Å². The van der Waals surface area contributed by atoms with Gasteiger partial charge in [-0.1, -0.05) is 34.5 Å². The summed E-state index contributed by atoms with van der Waals surface area (Å²) < 4.78 is 1.80. The average molecular weight is 382 g/mol. The Kier molecular flexibility index (Phi) is 5.93. The number of amides is 1. The van der Waals surface area contributed by atoms with Crippen LogP contribution < -0.4 is 10.6 Å². The first kappa shape index (κ1) is 18.2. The van der Waals surface area contributed by atoms with E-state index in [1.165, 1.54) is 0 Å². The molecule has 0 radical (unpaired) electrons. The molecule has 1 atom stereocenters. The monoisotopic (exact) mass is 381 g/mol. The zero-order valence-electron chi connectivity index (χ0n) is 14.0. The van der Waals surface area contributed by atoms with Gasteiger partial charge in [-0.3, -0.25) is 4.79 Å². The van der Waals surface area contributed by atoms with Gasteiger partial charge in [-0.05, 0) is 57.0 Å². The minimum Gasteiger partial charge on any atom is -0.348 e. The van der Waals surface area contributed by atoms with Crippen LogP contribution in [0.2, 0.25) is 10.0 Å². The molecule has 1 fully saturated rings. The van der Waals surface area contributed by atoms with Gasteiger partial charge in [0.1, 0.15) is 0 Å². The number of aromatic nitrogens is 3. The van der Waals surface area contributed by atoms with Crippen LogP contribution in [0.3, 0.4) is 0 Å². The molecule has 0 saturated carbocycles. The molecule has 1 unspecified atom stereocenters. The molecule has 1 aliphatic heterocycles. The van der Waals surface area contributed by atoms with E-state index < -0.39 is 0 Å². The molecule has 2 N–H and O–H groups in total. The molecular formula is C17H21Cl2N5O. The molecule has 134 valence electrons. The second-order valence-corrected chi connectivity index (χ2v) is 7.22. The van der Waals surface area contributed by atoms with Gasteiger partial charge in [0.25, 0.3) is 5.91 Å². The Bertz CT molecular complexity index is 742. The molecule has 25 heavy (non-hydrogen) atoms. The largest absolute Gasteiger partial charge is 0.348 e. The highest BCUT2D eigenvalue weighted by Crippen LogP contribution is 2.22. The van der Waals surface area contributed by atoms with Crippen LogP contribution in [0.15, 0.2) is 24.4 Å². The van der Waals surface area contributed by atoms with Crippen LogP contribution in [0.1, 0.15) is 41.9 Å². The molecule has 1 saturated heterocycles. The van der Waals surface area contributed by atoms with Crippen molar-refractivity contribution in [3.05, 3.63) is 45.7 Å². The fourth-order valence-corrected chi connectivity index (χ4v) is 3.48. The van der Waals surface area contributed by atoms with Crippen LogP contribution in [-0.4, -0.2) is 40.0 Å². The summed E-state index contributed by atoms with van der Waals surface area (Å²) in [5.74, 6) is -0.224. The van der Waals surface area contributed by atoms with Crippen molar-refractivity contribution >= 4 is 29.1 Å². The Morgan fingerprint density at radius 1 is 1.40 bits per heavy atom. The van der Waals surface area contributed by atoms with Gasteiger partial charge in [0.05, 0.1) is 12.2 Å². The Hall–Kier alpha value is -1.63. The third kappa shape index (κ3) is 4.71. The smallest absolute Gasteiger partial charge is 0.273 e. The second-order valence-electron chi connectivity index (χ2n) is 6.38. The summed E-state index contributed by atoms with van der Waals surface area (Å²) in [6.45, 7) is 3.86. The molecule has 0 spiro atoms. The van der Waals surface area contributed by atoms with Gasteiger partial charge in [0.2, 0.25) is 0 Å². The van der Waals surface area contributed by atoms with E-state index in [4.69, 9.17) is 23.2 Å². The van der Waals surface area contributed by atoms with Gasteiger partial charge < -0.3 is 10.6 Å². The number of nitrogens with one attached hydrogen (secondary N) is 2. The number of nitrogens with zero attached hydrogens (tertiary/aromatic N) is 3. The van der Waals surface area contributed by atoms with Crippen LogP contribution in [0.5, 0.6) is 0 Å². The number of benzene rings is 1. The summed E-state index contributed by atoms with van der Waals surface area (Å²) in [6, 6.07) is 5.59.